The van der Waals surface area contributed by atoms with Crippen LogP contribution < -0.4 is 0 Å². The Morgan fingerprint density at radius 3 is 2.41 bits per heavy atom. The van der Waals surface area contributed by atoms with Crippen LogP contribution in [0.1, 0.15) is 43.7 Å². The summed E-state index contributed by atoms with van der Waals surface area (Å²) in [5.41, 5.74) is 2.92. The van der Waals surface area contributed by atoms with Gasteiger partial charge < -0.3 is 9.80 Å². The highest BCUT2D eigenvalue weighted by atomic mass is 16.2. The van der Waals surface area contributed by atoms with E-state index < -0.39 is 5.41 Å². The average molecular weight is 456 g/mol. The summed E-state index contributed by atoms with van der Waals surface area (Å²) in [4.78, 5) is 35.1. The molecular weight excluding hydrogens is 422 g/mol. The minimum Gasteiger partial charge on any atom is -0.341 e. The van der Waals surface area contributed by atoms with E-state index in [0.717, 1.165) is 48.6 Å². The molecule has 2 amide bonds. The number of carbonyl (C=O) groups excluding carboxylic acids is 2. The number of amides is 2. The summed E-state index contributed by atoms with van der Waals surface area (Å²) >= 11 is 0. The number of hydrogen-bond donors (Lipinski definition) is 0. The van der Waals surface area contributed by atoms with E-state index in [0.29, 0.717) is 26.2 Å². The van der Waals surface area contributed by atoms with E-state index in [1.54, 1.807) is 6.92 Å². The maximum atomic E-state index is 14.2. The standard InChI is InChI=1S/C29H33N3O2/c1-22(33)31-17-18-32(28(34)29(14-5-6-15-29)25-10-3-2-4-11-25)21-23(20-31)19-24-9-7-13-27-26(24)12-8-16-30-27/h2-4,7-13,16,23H,5-6,14-15,17-21H2,1H3/t23-/m0/s1. The normalized spacial score (nSPS) is 20.3. The molecule has 1 saturated carbocycles. The lowest BCUT2D eigenvalue weighted by molar-refractivity contribution is -0.138. The van der Waals surface area contributed by atoms with E-state index in [4.69, 9.17) is 0 Å². The number of fused-ring (bicyclic) bond motifs is 1. The number of aromatic nitrogens is 1. The molecule has 0 spiro atoms. The third-order valence-electron chi connectivity index (χ3n) is 7.77. The summed E-state index contributed by atoms with van der Waals surface area (Å²) in [5.74, 6) is 0.499. The molecular formula is C29H33N3O2. The van der Waals surface area contributed by atoms with Crippen LogP contribution in [0.4, 0.5) is 0 Å². The monoisotopic (exact) mass is 455 g/mol. The van der Waals surface area contributed by atoms with Crippen molar-refractivity contribution in [2.75, 3.05) is 26.2 Å². The first-order valence-electron chi connectivity index (χ1n) is 12.5. The first-order valence-corrected chi connectivity index (χ1v) is 12.5. The van der Waals surface area contributed by atoms with E-state index >= 15 is 0 Å². The quantitative estimate of drug-likeness (QED) is 0.578. The van der Waals surface area contributed by atoms with Crippen LogP contribution in [0.25, 0.3) is 10.9 Å². The Hall–Kier alpha value is -3.21. The fourth-order valence-electron chi connectivity index (χ4n) is 6.03. The van der Waals surface area contributed by atoms with Gasteiger partial charge in [-0.25, -0.2) is 0 Å². The SMILES string of the molecule is CC(=O)N1CCN(C(=O)C2(c3ccccc3)CCCC2)C[C@@H](Cc2cccc3ncccc23)C1. The second kappa shape index (κ2) is 9.57. The summed E-state index contributed by atoms with van der Waals surface area (Å²) in [7, 11) is 0. The van der Waals surface area contributed by atoms with E-state index in [2.05, 4.69) is 40.2 Å². The summed E-state index contributed by atoms with van der Waals surface area (Å²) in [6.45, 7) is 4.18. The first-order chi connectivity index (χ1) is 16.6. The van der Waals surface area contributed by atoms with Crippen LogP contribution in [0.2, 0.25) is 0 Å². The van der Waals surface area contributed by atoms with Crippen molar-refractivity contribution in [3.05, 3.63) is 78.0 Å². The predicted molar refractivity (Wildman–Crippen MR) is 134 cm³/mol. The van der Waals surface area contributed by atoms with Gasteiger partial charge in [-0.05, 0) is 48.4 Å². The Kier molecular flexibility index (Phi) is 6.36. The molecule has 3 aromatic rings. The van der Waals surface area contributed by atoms with Gasteiger partial charge in [-0.1, -0.05) is 61.4 Å². The number of rotatable bonds is 4. The van der Waals surface area contributed by atoms with Crippen molar-refractivity contribution in [1.82, 2.24) is 14.8 Å². The number of nitrogens with zero attached hydrogens (tertiary/aromatic N) is 3. The molecule has 5 rings (SSSR count). The lowest BCUT2D eigenvalue weighted by Crippen LogP contribution is -2.48. The second-order valence-electron chi connectivity index (χ2n) is 9.93. The summed E-state index contributed by atoms with van der Waals surface area (Å²) in [6.07, 6.45) is 6.61. The van der Waals surface area contributed by atoms with Crippen molar-refractivity contribution < 1.29 is 9.59 Å². The Morgan fingerprint density at radius 1 is 0.912 bits per heavy atom. The third kappa shape index (κ3) is 4.31. The maximum Gasteiger partial charge on any atom is 0.233 e. The van der Waals surface area contributed by atoms with Gasteiger partial charge in [-0.3, -0.25) is 14.6 Å². The minimum absolute atomic E-state index is 0.0810. The topological polar surface area (TPSA) is 53.5 Å². The second-order valence-corrected chi connectivity index (χ2v) is 9.93. The van der Waals surface area contributed by atoms with E-state index in [1.165, 1.54) is 5.56 Å². The number of pyridine rings is 1. The van der Waals surface area contributed by atoms with Crippen molar-refractivity contribution in [2.24, 2.45) is 5.92 Å². The molecule has 1 aromatic heterocycles. The molecule has 1 saturated heterocycles. The van der Waals surface area contributed by atoms with Gasteiger partial charge in [0.15, 0.2) is 0 Å². The fourth-order valence-corrected chi connectivity index (χ4v) is 6.03. The number of benzene rings is 2. The average Bonchev–Trinajstić information content (AvgIpc) is 3.27. The molecule has 2 heterocycles. The van der Waals surface area contributed by atoms with Crippen LogP contribution in [0.5, 0.6) is 0 Å². The first kappa shape index (κ1) is 22.6. The zero-order valence-corrected chi connectivity index (χ0v) is 20.0. The molecule has 2 aromatic carbocycles. The summed E-state index contributed by atoms with van der Waals surface area (Å²) in [6, 6.07) is 20.7. The summed E-state index contributed by atoms with van der Waals surface area (Å²) in [5, 5.41) is 1.15. The van der Waals surface area contributed by atoms with Gasteiger partial charge in [0.25, 0.3) is 0 Å². The molecule has 0 radical (unpaired) electrons. The molecule has 1 aliphatic carbocycles. The van der Waals surface area contributed by atoms with Gasteiger partial charge in [0, 0.05) is 44.7 Å². The highest BCUT2D eigenvalue weighted by molar-refractivity contribution is 5.89. The van der Waals surface area contributed by atoms with Crippen LogP contribution in [-0.4, -0.2) is 52.8 Å². The molecule has 5 nitrogen and oxygen atoms in total. The Morgan fingerprint density at radius 2 is 1.65 bits per heavy atom. The van der Waals surface area contributed by atoms with Crippen LogP contribution in [0.3, 0.4) is 0 Å². The van der Waals surface area contributed by atoms with Crippen LogP contribution in [0, 0.1) is 5.92 Å². The van der Waals surface area contributed by atoms with Crippen molar-refractivity contribution >= 4 is 22.7 Å². The Bertz CT molecular complexity index is 1160. The fraction of sp³-hybridized carbons (Fsp3) is 0.414. The molecule has 2 fully saturated rings. The lowest BCUT2D eigenvalue weighted by Gasteiger charge is -2.35. The predicted octanol–water partition coefficient (Wildman–Crippen LogP) is 4.60. The third-order valence-corrected chi connectivity index (χ3v) is 7.77. The van der Waals surface area contributed by atoms with Crippen LogP contribution in [-0.2, 0) is 21.4 Å². The van der Waals surface area contributed by atoms with Gasteiger partial charge >= 0.3 is 0 Å². The zero-order chi connectivity index (χ0) is 23.5. The van der Waals surface area contributed by atoms with E-state index in [1.807, 2.05) is 41.4 Å². The van der Waals surface area contributed by atoms with Gasteiger partial charge in [-0.2, -0.15) is 0 Å². The summed E-state index contributed by atoms with van der Waals surface area (Å²) < 4.78 is 0. The van der Waals surface area contributed by atoms with Crippen LogP contribution in [0.15, 0.2) is 66.9 Å². The van der Waals surface area contributed by atoms with Crippen molar-refractivity contribution in [3.8, 4) is 0 Å². The maximum absolute atomic E-state index is 14.2. The van der Waals surface area contributed by atoms with Gasteiger partial charge in [0.2, 0.25) is 11.8 Å². The lowest BCUT2D eigenvalue weighted by atomic mass is 9.77. The van der Waals surface area contributed by atoms with Crippen molar-refractivity contribution in [1.29, 1.82) is 0 Å². The van der Waals surface area contributed by atoms with Crippen molar-refractivity contribution in [3.63, 3.8) is 0 Å². The molecule has 176 valence electrons. The Balaban J connectivity index is 1.45. The minimum atomic E-state index is -0.430. The molecule has 1 aliphatic heterocycles. The molecule has 0 unspecified atom stereocenters. The highest BCUT2D eigenvalue weighted by Crippen LogP contribution is 2.43. The molecule has 2 aliphatic rings. The molecule has 5 heteroatoms. The molecule has 0 bridgehead atoms. The largest absolute Gasteiger partial charge is 0.341 e. The van der Waals surface area contributed by atoms with Gasteiger partial charge in [0.05, 0.1) is 10.9 Å². The van der Waals surface area contributed by atoms with Crippen molar-refractivity contribution in [2.45, 2.75) is 44.4 Å². The van der Waals surface area contributed by atoms with E-state index in [-0.39, 0.29) is 17.7 Å². The number of carbonyl (C=O) groups is 2. The molecule has 34 heavy (non-hydrogen) atoms. The highest BCUT2D eigenvalue weighted by Gasteiger charge is 2.45. The van der Waals surface area contributed by atoms with Crippen LogP contribution >= 0.6 is 0 Å². The van der Waals surface area contributed by atoms with Gasteiger partial charge in [-0.15, -0.1) is 0 Å². The smallest absolute Gasteiger partial charge is 0.233 e. The number of hydrogen-bond acceptors (Lipinski definition) is 3. The molecule has 0 N–H and O–H groups in total. The molecule has 1 atom stereocenters. The Labute approximate surface area is 201 Å². The van der Waals surface area contributed by atoms with Gasteiger partial charge in [0.1, 0.15) is 0 Å². The van der Waals surface area contributed by atoms with E-state index in [9.17, 15) is 9.59 Å². The zero-order valence-electron chi connectivity index (χ0n) is 20.0.